The van der Waals surface area contributed by atoms with E-state index in [4.69, 9.17) is 15.0 Å². The fraction of sp³-hybridized carbons (Fsp3) is 0.333. The fourth-order valence-electron chi connectivity index (χ4n) is 4.02. The molecule has 1 saturated heterocycles. The van der Waals surface area contributed by atoms with Gasteiger partial charge >= 0.3 is 0 Å². The zero-order valence-electron chi connectivity index (χ0n) is 18.6. The summed E-state index contributed by atoms with van der Waals surface area (Å²) in [5.41, 5.74) is 0.254. The zero-order valence-corrected chi connectivity index (χ0v) is 18.6. The van der Waals surface area contributed by atoms with Gasteiger partial charge in [-0.2, -0.15) is 5.26 Å². The largest absolute Gasteiger partial charge is 0.479 e. The van der Waals surface area contributed by atoms with Crippen molar-refractivity contribution in [2.24, 2.45) is 13.0 Å². The second-order valence-electron chi connectivity index (χ2n) is 8.19. The van der Waals surface area contributed by atoms with Crippen LogP contribution in [0.1, 0.15) is 25.3 Å². The highest BCUT2D eigenvalue weighted by Crippen LogP contribution is 2.32. The normalized spacial score (nSPS) is 14.2. The highest BCUT2D eigenvalue weighted by atomic mass is 19.1. The van der Waals surface area contributed by atoms with Crippen LogP contribution in [0.15, 0.2) is 35.3 Å². The average molecular weight is 451 g/mol. The lowest BCUT2D eigenvalue weighted by molar-refractivity contribution is 0.369. The molecule has 0 atom stereocenters. The Labute approximate surface area is 189 Å². The van der Waals surface area contributed by atoms with Crippen LogP contribution in [0.3, 0.4) is 0 Å². The topological polar surface area (TPSA) is 84.0 Å². The van der Waals surface area contributed by atoms with Crippen LogP contribution in [0.5, 0.6) is 5.88 Å². The Kier molecular flexibility index (Phi) is 6.09. The summed E-state index contributed by atoms with van der Waals surface area (Å²) >= 11 is 0. The van der Waals surface area contributed by atoms with Gasteiger partial charge in [-0.25, -0.2) is 18.7 Å². The molecule has 3 heterocycles. The number of aromatic nitrogens is 3. The van der Waals surface area contributed by atoms with E-state index in [0.717, 1.165) is 32.0 Å². The van der Waals surface area contributed by atoms with Crippen LogP contribution in [-0.4, -0.2) is 34.7 Å². The third-order valence-corrected chi connectivity index (χ3v) is 5.99. The molecule has 0 aliphatic carbocycles. The molecule has 0 bridgehead atoms. The quantitative estimate of drug-likeness (QED) is 0.598. The molecule has 2 aromatic heterocycles. The van der Waals surface area contributed by atoms with Crippen LogP contribution in [-0.2, 0) is 7.05 Å². The van der Waals surface area contributed by atoms with Crippen molar-refractivity contribution in [1.29, 1.82) is 5.26 Å². The van der Waals surface area contributed by atoms with Gasteiger partial charge in [-0.3, -0.25) is 9.36 Å². The van der Waals surface area contributed by atoms with Gasteiger partial charge in [0.2, 0.25) is 11.8 Å². The van der Waals surface area contributed by atoms with Crippen molar-refractivity contribution in [2.45, 2.75) is 19.8 Å². The van der Waals surface area contributed by atoms with E-state index in [1.54, 1.807) is 13.1 Å². The van der Waals surface area contributed by atoms with E-state index in [0.29, 0.717) is 17.4 Å². The molecule has 0 spiro atoms. The molecule has 7 nitrogen and oxygen atoms in total. The van der Waals surface area contributed by atoms with Crippen molar-refractivity contribution in [3.8, 4) is 34.3 Å². The monoisotopic (exact) mass is 451 g/mol. The van der Waals surface area contributed by atoms with E-state index in [9.17, 15) is 13.6 Å². The second kappa shape index (κ2) is 8.98. The summed E-state index contributed by atoms with van der Waals surface area (Å²) in [5.74, 6) is -0.622. The van der Waals surface area contributed by atoms with Gasteiger partial charge in [-0.1, -0.05) is 13.0 Å². The average Bonchev–Trinajstić information content (AvgIpc) is 2.81. The Balaban J connectivity index is 1.96. The molecule has 1 aliphatic heterocycles. The van der Waals surface area contributed by atoms with Gasteiger partial charge in [0.1, 0.15) is 11.9 Å². The number of nitriles is 1. The summed E-state index contributed by atoms with van der Waals surface area (Å²) in [6.07, 6.45) is 3.25. The first-order valence-corrected chi connectivity index (χ1v) is 10.6. The van der Waals surface area contributed by atoms with Crippen molar-refractivity contribution >= 4 is 5.95 Å². The van der Waals surface area contributed by atoms with Crippen LogP contribution in [0.25, 0.3) is 22.4 Å². The summed E-state index contributed by atoms with van der Waals surface area (Å²) in [4.78, 5) is 24.3. The lowest BCUT2D eigenvalue weighted by Gasteiger charge is -2.32. The minimum atomic E-state index is -0.733. The second-order valence-corrected chi connectivity index (χ2v) is 8.19. The third kappa shape index (κ3) is 4.16. The number of anilines is 1. The third-order valence-electron chi connectivity index (χ3n) is 5.99. The van der Waals surface area contributed by atoms with Crippen LogP contribution in [0.2, 0.25) is 0 Å². The van der Waals surface area contributed by atoms with Crippen LogP contribution >= 0.6 is 0 Å². The van der Waals surface area contributed by atoms with E-state index in [1.165, 1.54) is 36.1 Å². The number of methoxy groups -OCH3 is 1. The van der Waals surface area contributed by atoms with Gasteiger partial charge in [0.25, 0.3) is 5.56 Å². The summed E-state index contributed by atoms with van der Waals surface area (Å²) < 4.78 is 35.2. The SMILES string of the molecule is COc1ncc(-c2c(-c3ccc(C#N)c(F)c3)nc(N3CCC(C)CC3)n(C)c2=O)cc1F. The maximum Gasteiger partial charge on any atom is 0.263 e. The molecule has 4 rings (SSSR count). The molecule has 1 aliphatic rings. The standard InChI is InChI=1S/C24H23F2N5O2/c1-14-6-8-31(9-7-14)24-29-21(15-4-5-16(12-27)18(25)10-15)20(23(32)30(24)2)17-11-19(26)22(33-3)28-13-17/h4-5,10-11,13-14H,6-9H2,1-3H3. The number of ether oxygens (including phenoxy) is 1. The first-order chi connectivity index (χ1) is 15.8. The van der Waals surface area contributed by atoms with Gasteiger partial charge in [0, 0.05) is 37.5 Å². The van der Waals surface area contributed by atoms with Gasteiger partial charge < -0.3 is 9.64 Å². The number of benzene rings is 1. The molecule has 170 valence electrons. The molecule has 3 aromatic rings. The number of rotatable bonds is 4. The van der Waals surface area contributed by atoms with Gasteiger partial charge in [0.05, 0.1) is 23.9 Å². The predicted octanol–water partition coefficient (Wildman–Crippen LogP) is 3.90. The number of piperidine rings is 1. The Morgan fingerprint density at radius 3 is 2.45 bits per heavy atom. The van der Waals surface area contributed by atoms with Crippen molar-refractivity contribution in [3.63, 3.8) is 0 Å². The smallest absolute Gasteiger partial charge is 0.263 e. The first kappa shape index (κ1) is 22.4. The van der Waals surface area contributed by atoms with Crippen LogP contribution in [0.4, 0.5) is 14.7 Å². The fourth-order valence-corrected chi connectivity index (χ4v) is 4.02. The van der Waals surface area contributed by atoms with Crippen molar-refractivity contribution in [1.82, 2.24) is 14.5 Å². The Hall–Kier alpha value is -3.80. The number of hydrogen-bond acceptors (Lipinski definition) is 6. The molecule has 0 N–H and O–H groups in total. The summed E-state index contributed by atoms with van der Waals surface area (Å²) in [6, 6.07) is 6.97. The molecular weight excluding hydrogens is 428 g/mol. The molecule has 0 saturated carbocycles. The van der Waals surface area contributed by atoms with E-state index in [1.807, 2.05) is 4.90 Å². The minimum Gasteiger partial charge on any atom is -0.479 e. The summed E-state index contributed by atoms with van der Waals surface area (Å²) in [5, 5.41) is 9.08. The maximum absolute atomic E-state index is 14.5. The van der Waals surface area contributed by atoms with E-state index in [-0.39, 0.29) is 28.3 Å². The number of nitrogens with zero attached hydrogens (tertiary/aromatic N) is 5. The first-order valence-electron chi connectivity index (χ1n) is 10.6. The molecular formula is C24H23F2N5O2. The van der Waals surface area contributed by atoms with Crippen molar-refractivity contribution < 1.29 is 13.5 Å². The van der Waals surface area contributed by atoms with Gasteiger partial charge in [-0.05, 0) is 37.0 Å². The Morgan fingerprint density at radius 2 is 1.85 bits per heavy atom. The highest BCUT2D eigenvalue weighted by Gasteiger charge is 2.25. The van der Waals surface area contributed by atoms with Crippen LogP contribution in [0, 0.1) is 28.9 Å². The number of pyridine rings is 1. The zero-order chi connectivity index (χ0) is 23.7. The summed E-state index contributed by atoms with van der Waals surface area (Å²) in [6.45, 7) is 3.66. The number of halogens is 2. The van der Waals surface area contributed by atoms with E-state index in [2.05, 4.69) is 11.9 Å². The van der Waals surface area contributed by atoms with Gasteiger partial charge in [-0.15, -0.1) is 0 Å². The van der Waals surface area contributed by atoms with Crippen molar-refractivity contribution in [2.75, 3.05) is 25.1 Å². The molecule has 33 heavy (non-hydrogen) atoms. The lowest BCUT2D eigenvalue weighted by Crippen LogP contribution is -2.38. The molecule has 0 unspecified atom stereocenters. The minimum absolute atomic E-state index is 0.0878. The number of hydrogen-bond donors (Lipinski definition) is 0. The lowest BCUT2D eigenvalue weighted by atomic mass is 9.99. The van der Waals surface area contributed by atoms with Gasteiger partial charge in [0.15, 0.2) is 5.82 Å². The molecule has 1 fully saturated rings. The predicted molar refractivity (Wildman–Crippen MR) is 120 cm³/mol. The van der Waals surface area contributed by atoms with E-state index < -0.39 is 17.2 Å². The van der Waals surface area contributed by atoms with Crippen LogP contribution < -0.4 is 15.2 Å². The molecule has 9 heteroatoms. The maximum atomic E-state index is 14.5. The van der Waals surface area contributed by atoms with E-state index >= 15 is 0 Å². The Morgan fingerprint density at radius 1 is 1.15 bits per heavy atom. The Bertz CT molecular complexity index is 1310. The molecule has 0 radical (unpaired) electrons. The summed E-state index contributed by atoms with van der Waals surface area (Å²) in [7, 11) is 2.91. The van der Waals surface area contributed by atoms with Crippen molar-refractivity contribution in [3.05, 3.63) is 58.0 Å². The highest BCUT2D eigenvalue weighted by molar-refractivity contribution is 5.81. The molecule has 1 aromatic carbocycles. The molecule has 0 amide bonds.